The minimum Gasteiger partial charge on any atom is -0.435 e. The van der Waals surface area contributed by atoms with Crippen LogP contribution in [-0.2, 0) is 11.3 Å². The number of hydrogen-bond acceptors (Lipinski definition) is 5. The average molecular weight is 413 g/mol. The molecule has 0 spiro atoms. The molecule has 0 saturated carbocycles. The van der Waals surface area contributed by atoms with Crippen LogP contribution in [0.15, 0.2) is 48.8 Å². The number of pyridine rings is 1. The predicted octanol–water partition coefficient (Wildman–Crippen LogP) is 2.37. The van der Waals surface area contributed by atoms with Crippen molar-refractivity contribution in [2.45, 2.75) is 19.2 Å². The van der Waals surface area contributed by atoms with E-state index >= 15 is 0 Å². The predicted molar refractivity (Wildman–Crippen MR) is 104 cm³/mol. The van der Waals surface area contributed by atoms with Crippen LogP contribution in [0.3, 0.4) is 0 Å². The molecule has 2 heterocycles. The number of amides is 1. The number of rotatable bonds is 7. The van der Waals surface area contributed by atoms with Crippen molar-refractivity contribution in [1.29, 1.82) is 0 Å². The summed E-state index contributed by atoms with van der Waals surface area (Å²) in [5, 5.41) is 6.22. The van der Waals surface area contributed by atoms with Gasteiger partial charge in [-0.15, -0.1) is 12.4 Å². The number of carbonyl (C=O) groups excluding carboxylic acids is 1. The van der Waals surface area contributed by atoms with Gasteiger partial charge in [-0.1, -0.05) is 18.2 Å². The van der Waals surface area contributed by atoms with Gasteiger partial charge < -0.3 is 15.4 Å². The molecule has 6 nitrogen and oxygen atoms in total. The Hall–Kier alpha value is -2.29. The highest BCUT2D eigenvalue weighted by molar-refractivity contribution is 5.85. The number of hydrogen-bond donors (Lipinski definition) is 2. The largest absolute Gasteiger partial charge is 0.435 e. The molecule has 0 aliphatic carbocycles. The molecule has 0 bridgehead atoms. The summed E-state index contributed by atoms with van der Waals surface area (Å²) in [6.45, 7) is 0.139. The summed E-state index contributed by atoms with van der Waals surface area (Å²) < 4.78 is 28.6. The molecule has 0 radical (unpaired) electrons. The Kier molecular flexibility index (Phi) is 8.56. The van der Waals surface area contributed by atoms with Crippen molar-refractivity contribution < 1.29 is 18.3 Å². The number of ether oxygens (including phenoxy) is 1. The zero-order valence-electron chi connectivity index (χ0n) is 15.2. The van der Waals surface area contributed by atoms with E-state index in [4.69, 9.17) is 0 Å². The summed E-state index contributed by atoms with van der Waals surface area (Å²) in [5.74, 6) is 0.0129. The lowest BCUT2D eigenvalue weighted by Gasteiger charge is -2.35. The summed E-state index contributed by atoms with van der Waals surface area (Å²) in [6.07, 6.45) is 3.56. The van der Waals surface area contributed by atoms with Gasteiger partial charge in [0, 0.05) is 44.6 Å². The molecule has 1 saturated heterocycles. The van der Waals surface area contributed by atoms with Crippen LogP contribution in [0.1, 0.15) is 17.2 Å². The number of benzene rings is 1. The summed E-state index contributed by atoms with van der Waals surface area (Å²) in [5.41, 5.74) is 1.89. The Labute approximate surface area is 168 Å². The lowest BCUT2D eigenvalue weighted by Crippen LogP contribution is -2.49. The number of alkyl halides is 2. The molecule has 152 valence electrons. The molecular formula is C19H23ClF2N4O2. The Morgan fingerprint density at radius 1 is 1.32 bits per heavy atom. The van der Waals surface area contributed by atoms with Gasteiger partial charge in [0.05, 0.1) is 6.54 Å². The molecule has 1 fully saturated rings. The van der Waals surface area contributed by atoms with E-state index in [9.17, 15) is 13.6 Å². The number of carbonyl (C=O) groups is 1. The molecule has 1 aromatic carbocycles. The summed E-state index contributed by atoms with van der Waals surface area (Å²) in [7, 11) is 0. The van der Waals surface area contributed by atoms with Gasteiger partial charge in [-0.2, -0.15) is 8.78 Å². The zero-order valence-corrected chi connectivity index (χ0v) is 16.0. The molecule has 1 amide bonds. The fraction of sp³-hybridized carbons (Fsp3) is 0.368. The Bertz CT molecular complexity index is 734. The van der Waals surface area contributed by atoms with Gasteiger partial charge in [0.2, 0.25) is 5.91 Å². The first-order valence-electron chi connectivity index (χ1n) is 8.77. The van der Waals surface area contributed by atoms with Gasteiger partial charge >= 0.3 is 6.61 Å². The second-order valence-electron chi connectivity index (χ2n) is 6.28. The van der Waals surface area contributed by atoms with E-state index in [0.29, 0.717) is 6.54 Å². The maximum absolute atomic E-state index is 12.4. The third-order valence-corrected chi connectivity index (χ3v) is 4.41. The van der Waals surface area contributed by atoms with E-state index in [1.165, 1.54) is 12.1 Å². The van der Waals surface area contributed by atoms with Crippen LogP contribution < -0.4 is 15.4 Å². The van der Waals surface area contributed by atoms with Crippen LogP contribution in [0.4, 0.5) is 8.78 Å². The summed E-state index contributed by atoms with van der Waals surface area (Å²) in [4.78, 5) is 18.7. The highest BCUT2D eigenvalue weighted by Crippen LogP contribution is 2.21. The summed E-state index contributed by atoms with van der Waals surface area (Å²) >= 11 is 0. The number of aromatic nitrogens is 1. The molecule has 1 unspecified atom stereocenters. The van der Waals surface area contributed by atoms with Gasteiger partial charge in [-0.25, -0.2) is 0 Å². The standard InChI is InChI=1S/C19H22F2N4O2.ClH/c20-19(21)27-16-5-3-14(4-6-16)10-24-18(26)13-25-9-8-23-12-17(25)15-2-1-7-22-11-15;/h1-7,11,17,19,23H,8-10,12-13H2,(H,24,26);1H. The Morgan fingerprint density at radius 3 is 2.79 bits per heavy atom. The van der Waals surface area contributed by atoms with Crippen LogP contribution >= 0.6 is 12.4 Å². The van der Waals surface area contributed by atoms with E-state index in [1.807, 2.05) is 18.3 Å². The maximum Gasteiger partial charge on any atom is 0.387 e. The topological polar surface area (TPSA) is 66.5 Å². The van der Waals surface area contributed by atoms with E-state index < -0.39 is 6.61 Å². The van der Waals surface area contributed by atoms with Crippen LogP contribution in [0.2, 0.25) is 0 Å². The highest BCUT2D eigenvalue weighted by Gasteiger charge is 2.25. The van der Waals surface area contributed by atoms with Crippen LogP contribution in [0, 0.1) is 0 Å². The van der Waals surface area contributed by atoms with E-state index in [1.54, 1.807) is 18.3 Å². The third-order valence-electron chi connectivity index (χ3n) is 4.41. The molecule has 28 heavy (non-hydrogen) atoms. The highest BCUT2D eigenvalue weighted by atomic mass is 35.5. The van der Waals surface area contributed by atoms with Crippen molar-refractivity contribution in [2.24, 2.45) is 0 Å². The van der Waals surface area contributed by atoms with Crippen molar-refractivity contribution in [3.63, 3.8) is 0 Å². The van der Waals surface area contributed by atoms with Crippen molar-refractivity contribution >= 4 is 18.3 Å². The first-order chi connectivity index (χ1) is 13.1. The average Bonchev–Trinajstić information content (AvgIpc) is 2.68. The van der Waals surface area contributed by atoms with Gasteiger partial charge in [-0.3, -0.25) is 14.7 Å². The van der Waals surface area contributed by atoms with Crippen molar-refractivity contribution in [3.8, 4) is 5.75 Å². The van der Waals surface area contributed by atoms with E-state index in [2.05, 4.69) is 25.3 Å². The zero-order chi connectivity index (χ0) is 19.1. The molecule has 1 atom stereocenters. The van der Waals surface area contributed by atoms with Gasteiger partial charge in [-0.05, 0) is 29.3 Å². The number of nitrogens with one attached hydrogen (secondary N) is 2. The van der Waals surface area contributed by atoms with Crippen LogP contribution in [-0.4, -0.2) is 48.6 Å². The van der Waals surface area contributed by atoms with Crippen molar-refractivity contribution in [1.82, 2.24) is 20.5 Å². The number of piperazine rings is 1. The SMILES string of the molecule is Cl.O=C(CN1CCNCC1c1cccnc1)NCc1ccc(OC(F)F)cc1. The fourth-order valence-electron chi connectivity index (χ4n) is 3.07. The Balaban J connectivity index is 0.00000280. The van der Waals surface area contributed by atoms with Gasteiger partial charge in [0.25, 0.3) is 0 Å². The molecule has 3 rings (SSSR count). The quantitative estimate of drug-likeness (QED) is 0.731. The van der Waals surface area contributed by atoms with Gasteiger partial charge in [0.1, 0.15) is 5.75 Å². The molecular weight excluding hydrogens is 390 g/mol. The molecule has 1 aromatic heterocycles. The number of nitrogens with zero attached hydrogens (tertiary/aromatic N) is 2. The third kappa shape index (κ3) is 6.40. The van der Waals surface area contributed by atoms with E-state index in [0.717, 1.165) is 30.8 Å². The van der Waals surface area contributed by atoms with Crippen molar-refractivity contribution in [3.05, 3.63) is 59.9 Å². The number of halogens is 3. The lowest BCUT2D eigenvalue weighted by molar-refractivity contribution is -0.123. The minimum atomic E-state index is -2.85. The Morgan fingerprint density at radius 2 is 2.11 bits per heavy atom. The van der Waals surface area contributed by atoms with Gasteiger partial charge in [0.15, 0.2) is 0 Å². The normalized spacial score (nSPS) is 17.0. The molecule has 1 aliphatic rings. The summed E-state index contributed by atoms with van der Waals surface area (Å²) in [6, 6.07) is 10.2. The second kappa shape index (κ2) is 10.9. The van der Waals surface area contributed by atoms with Crippen LogP contribution in [0.5, 0.6) is 5.75 Å². The first kappa shape index (κ1) is 22.0. The molecule has 1 aliphatic heterocycles. The maximum atomic E-state index is 12.4. The molecule has 2 aromatic rings. The van der Waals surface area contributed by atoms with E-state index in [-0.39, 0.29) is 36.7 Å². The lowest BCUT2D eigenvalue weighted by atomic mass is 10.1. The monoisotopic (exact) mass is 412 g/mol. The molecule has 2 N–H and O–H groups in total. The molecule has 9 heteroatoms. The second-order valence-corrected chi connectivity index (χ2v) is 6.28. The van der Waals surface area contributed by atoms with Crippen LogP contribution in [0.25, 0.3) is 0 Å². The fourth-order valence-corrected chi connectivity index (χ4v) is 3.07. The smallest absolute Gasteiger partial charge is 0.387 e. The van der Waals surface area contributed by atoms with Crippen molar-refractivity contribution in [2.75, 3.05) is 26.2 Å². The first-order valence-corrected chi connectivity index (χ1v) is 8.77. The minimum absolute atomic E-state index is 0.